The number of methoxy groups -OCH3 is 1. The lowest BCUT2D eigenvalue weighted by atomic mass is 10.1. The highest BCUT2D eigenvalue weighted by Gasteiger charge is 2.21. The fourth-order valence-electron chi connectivity index (χ4n) is 3.05. The summed E-state index contributed by atoms with van der Waals surface area (Å²) in [5.41, 5.74) is 2.16. The van der Waals surface area contributed by atoms with E-state index in [1.165, 1.54) is 0 Å². The Labute approximate surface area is 154 Å². The minimum Gasteiger partial charge on any atom is -0.497 e. The molecule has 2 aromatic carbocycles. The fourth-order valence-corrected chi connectivity index (χ4v) is 3.25. The Bertz CT molecular complexity index is 710. The summed E-state index contributed by atoms with van der Waals surface area (Å²) in [5, 5.41) is 0.806. The van der Waals surface area contributed by atoms with Crippen LogP contribution in [0.2, 0.25) is 5.02 Å². The molecule has 1 heterocycles. The van der Waals surface area contributed by atoms with Gasteiger partial charge in [0.05, 0.1) is 13.5 Å². The Morgan fingerprint density at radius 1 is 1.04 bits per heavy atom. The first-order valence-corrected chi connectivity index (χ1v) is 8.90. The number of carbonyl (C=O) groups is 1. The standard InChI is InChI=1S/C20H23ClN2O2/c1-25-18-8-6-16(7-9-18)14-20(24)23-12-10-22(11-13-23)15-17-4-2-3-5-19(17)21/h2-9H,10-15H2,1H3. The van der Waals surface area contributed by atoms with Crippen molar-refractivity contribution in [2.45, 2.75) is 13.0 Å². The number of halogens is 1. The van der Waals surface area contributed by atoms with Gasteiger partial charge in [-0.15, -0.1) is 0 Å². The number of carbonyl (C=O) groups excluding carboxylic acids is 1. The van der Waals surface area contributed by atoms with Crippen LogP contribution in [0.4, 0.5) is 0 Å². The van der Waals surface area contributed by atoms with Crippen molar-refractivity contribution < 1.29 is 9.53 Å². The monoisotopic (exact) mass is 358 g/mol. The molecule has 132 valence electrons. The Morgan fingerprint density at radius 3 is 2.36 bits per heavy atom. The highest BCUT2D eigenvalue weighted by atomic mass is 35.5. The molecule has 0 aromatic heterocycles. The van der Waals surface area contributed by atoms with Gasteiger partial charge in [0.1, 0.15) is 5.75 Å². The average molecular weight is 359 g/mol. The van der Waals surface area contributed by atoms with Crippen molar-refractivity contribution >= 4 is 17.5 Å². The zero-order valence-corrected chi connectivity index (χ0v) is 15.2. The van der Waals surface area contributed by atoms with Gasteiger partial charge >= 0.3 is 0 Å². The minimum atomic E-state index is 0.183. The molecule has 0 atom stereocenters. The molecule has 1 amide bonds. The summed E-state index contributed by atoms with van der Waals surface area (Å²) in [6.45, 7) is 4.11. The Kier molecular flexibility index (Phi) is 5.95. The van der Waals surface area contributed by atoms with Crippen molar-refractivity contribution in [1.29, 1.82) is 0 Å². The topological polar surface area (TPSA) is 32.8 Å². The van der Waals surface area contributed by atoms with Gasteiger partial charge in [-0.1, -0.05) is 41.9 Å². The van der Waals surface area contributed by atoms with Crippen molar-refractivity contribution in [3.8, 4) is 5.75 Å². The molecule has 1 aliphatic rings. The molecule has 1 aliphatic heterocycles. The van der Waals surface area contributed by atoms with Gasteiger partial charge in [-0.05, 0) is 29.3 Å². The summed E-state index contributed by atoms with van der Waals surface area (Å²) < 4.78 is 5.15. The molecule has 0 radical (unpaired) electrons. The van der Waals surface area contributed by atoms with Gasteiger partial charge in [0.2, 0.25) is 5.91 Å². The molecule has 0 spiro atoms. The summed E-state index contributed by atoms with van der Waals surface area (Å²) in [6.07, 6.45) is 0.439. The summed E-state index contributed by atoms with van der Waals surface area (Å²) in [5.74, 6) is 0.993. The number of benzene rings is 2. The van der Waals surface area contributed by atoms with E-state index in [-0.39, 0.29) is 5.91 Å². The number of hydrogen-bond donors (Lipinski definition) is 0. The molecule has 0 N–H and O–H groups in total. The molecule has 5 heteroatoms. The van der Waals surface area contributed by atoms with Gasteiger partial charge in [0.25, 0.3) is 0 Å². The van der Waals surface area contributed by atoms with Crippen LogP contribution in [0.3, 0.4) is 0 Å². The second kappa shape index (κ2) is 8.37. The van der Waals surface area contributed by atoms with E-state index in [0.717, 1.165) is 54.6 Å². The van der Waals surface area contributed by atoms with Gasteiger partial charge in [-0.2, -0.15) is 0 Å². The molecule has 0 aliphatic carbocycles. The summed E-state index contributed by atoms with van der Waals surface area (Å²) in [7, 11) is 1.64. The maximum atomic E-state index is 12.5. The number of nitrogens with zero attached hydrogens (tertiary/aromatic N) is 2. The quantitative estimate of drug-likeness (QED) is 0.822. The van der Waals surface area contributed by atoms with Crippen LogP contribution in [0.15, 0.2) is 48.5 Å². The van der Waals surface area contributed by atoms with Crippen molar-refractivity contribution in [3.63, 3.8) is 0 Å². The highest BCUT2D eigenvalue weighted by Crippen LogP contribution is 2.18. The molecule has 0 unspecified atom stereocenters. The first-order valence-electron chi connectivity index (χ1n) is 8.52. The zero-order chi connectivity index (χ0) is 17.6. The van der Waals surface area contributed by atoms with Gasteiger partial charge in [-0.25, -0.2) is 0 Å². The molecule has 0 saturated carbocycles. The van der Waals surface area contributed by atoms with E-state index in [4.69, 9.17) is 16.3 Å². The average Bonchev–Trinajstić information content (AvgIpc) is 2.65. The van der Waals surface area contributed by atoms with Crippen LogP contribution in [-0.4, -0.2) is 49.0 Å². The SMILES string of the molecule is COc1ccc(CC(=O)N2CCN(Cc3ccccc3Cl)CC2)cc1. The van der Waals surface area contributed by atoms with E-state index < -0.39 is 0 Å². The highest BCUT2D eigenvalue weighted by molar-refractivity contribution is 6.31. The van der Waals surface area contributed by atoms with Crippen LogP contribution in [0.25, 0.3) is 0 Å². The van der Waals surface area contributed by atoms with E-state index in [1.807, 2.05) is 47.4 Å². The van der Waals surface area contributed by atoms with E-state index in [9.17, 15) is 4.79 Å². The molecule has 3 rings (SSSR count). The van der Waals surface area contributed by atoms with Gasteiger partial charge in [0, 0.05) is 37.7 Å². The molecular weight excluding hydrogens is 336 g/mol. The summed E-state index contributed by atoms with van der Waals surface area (Å²) in [6, 6.07) is 15.6. The predicted molar refractivity (Wildman–Crippen MR) is 100 cm³/mol. The van der Waals surface area contributed by atoms with Crippen LogP contribution in [0.1, 0.15) is 11.1 Å². The van der Waals surface area contributed by atoms with Crippen molar-refractivity contribution in [2.24, 2.45) is 0 Å². The van der Waals surface area contributed by atoms with Gasteiger partial charge < -0.3 is 9.64 Å². The number of hydrogen-bond acceptors (Lipinski definition) is 3. The Balaban J connectivity index is 1.49. The van der Waals surface area contributed by atoms with E-state index >= 15 is 0 Å². The maximum Gasteiger partial charge on any atom is 0.227 e. The van der Waals surface area contributed by atoms with Crippen LogP contribution < -0.4 is 4.74 Å². The first-order chi connectivity index (χ1) is 12.2. The van der Waals surface area contributed by atoms with Crippen molar-refractivity contribution in [3.05, 3.63) is 64.7 Å². The third kappa shape index (κ3) is 4.74. The first kappa shape index (κ1) is 17.8. The third-order valence-corrected chi connectivity index (χ3v) is 4.96. The van der Waals surface area contributed by atoms with E-state index in [1.54, 1.807) is 7.11 Å². The fraction of sp³-hybridized carbons (Fsp3) is 0.350. The third-order valence-electron chi connectivity index (χ3n) is 4.59. The summed E-state index contributed by atoms with van der Waals surface area (Å²) in [4.78, 5) is 16.8. The largest absolute Gasteiger partial charge is 0.497 e. The van der Waals surface area contributed by atoms with Crippen molar-refractivity contribution in [2.75, 3.05) is 33.3 Å². The second-order valence-electron chi connectivity index (χ2n) is 6.27. The summed E-state index contributed by atoms with van der Waals surface area (Å²) >= 11 is 6.23. The Hall–Kier alpha value is -2.04. The second-order valence-corrected chi connectivity index (χ2v) is 6.68. The van der Waals surface area contributed by atoms with Gasteiger partial charge in [-0.3, -0.25) is 9.69 Å². The molecule has 25 heavy (non-hydrogen) atoms. The molecule has 1 saturated heterocycles. The smallest absolute Gasteiger partial charge is 0.227 e. The lowest BCUT2D eigenvalue weighted by Gasteiger charge is -2.35. The van der Waals surface area contributed by atoms with Crippen LogP contribution >= 0.6 is 11.6 Å². The number of rotatable bonds is 5. The number of amides is 1. The van der Waals surface area contributed by atoms with Crippen LogP contribution in [-0.2, 0) is 17.8 Å². The predicted octanol–water partition coefficient (Wildman–Crippen LogP) is 3.24. The normalized spacial score (nSPS) is 15.2. The lowest BCUT2D eigenvalue weighted by Crippen LogP contribution is -2.48. The zero-order valence-electron chi connectivity index (χ0n) is 14.5. The molecule has 0 bridgehead atoms. The molecular formula is C20H23ClN2O2. The van der Waals surface area contributed by atoms with E-state index in [2.05, 4.69) is 11.0 Å². The molecule has 2 aromatic rings. The van der Waals surface area contributed by atoms with Crippen molar-refractivity contribution in [1.82, 2.24) is 9.80 Å². The number of piperazine rings is 1. The molecule has 4 nitrogen and oxygen atoms in total. The van der Waals surface area contributed by atoms with Gasteiger partial charge in [0.15, 0.2) is 0 Å². The Morgan fingerprint density at radius 2 is 1.72 bits per heavy atom. The van der Waals surface area contributed by atoms with Crippen LogP contribution in [0, 0.1) is 0 Å². The maximum absolute atomic E-state index is 12.5. The lowest BCUT2D eigenvalue weighted by molar-refractivity contribution is -0.132. The number of ether oxygens (including phenoxy) is 1. The molecule has 1 fully saturated rings. The van der Waals surface area contributed by atoms with E-state index in [0.29, 0.717) is 6.42 Å². The minimum absolute atomic E-state index is 0.183. The van der Waals surface area contributed by atoms with Crippen LogP contribution in [0.5, 0.6) is 5.75 Å².